The molecule has 0 N–H and O–H groups in total. The van der Waals surface area contributed by atoms with Crippen molar-refractivity contribution in [3.8, 4) is 5.75 Å². The van der Waals surface area contributed by atoms with Crippen LogP contribution < -0.4 is 4.74 Å². The highest BCUT2D eigenvalue weighted by atomic mass is 19.1. The van der Waals surface area contributed by atoms with E-state index in [4.69, 9.17) is 9.72 Å². The lowest BCUT2D eigenvalue weighted by atomic mass is 10.1. The average molecular weight is 380 g/mol. The first-order valence-electron chi connectivity index (χ1n) is 9.63. The van der Waals surface area contributed by atoms with Crippen LogP contribution in [0.3, 0.4) is 0 Å². The zero-order chi connectivity index (χ0) is 19.5. The fraction of sp³-hybridized carbons (Fsp3) is 0.364. The molecule has 3 aromatic rings. The second-order valence-corrected chi connectivity index (χ2v) is 7.29. The van der Waals surface area contributed by atoms with Crippen LogP contribution >= 0.6 is 0 Å². The number of pyridine rings is 1. The van der Waals surface area contributed by atoms with Gasteiger partial charge in [-0.25, -0.2) is 9.37 Å². The first-order chi connectivity index (χ1) is 13.7. The van der Waals surface area contributed by atoms with Gasteiger partial charge in [0.25, 0.3) is 0 Å². The van der Waals surface area contributed by atoms with Gasteiger partial charge < -0.3 is 9.30 Å². The van der Waals surface area contributed by atoms with Gasteiger partial charge >= 0.3 is 0 Å². The standard InChI is InChI=1S/C22H25FN4O/c1-16-12-25-22(27(16)14-17-5-7-19(28-2)8-6-17)21-4-3-11-26(21)15-18-9-10-24-13-20(18)23/h5-10,12-13,21H,3-4,11,14-15H2,1-2H3. The van der Waals surface area contributed by atoms with Crippen molar-refractivity contribution in [2.45, 2.75) is 38.9 Å². The van der Waals surface area contributed by atoms with Gasteiger partial charge in [-0.05, 0) is 50.1 Å². The minimum Gasteiger partial charge on any atom is -0.497 e. The molecule has 28 heavy (non-hydrogen) atoms. The predicted octanol–water partition coefficient (Wildman–Crippen LogP) is 4.12. The summed E-state index contributed by atoms with van der Waals surface area (Å²) in [6, 6.07) is 10.1. The molecule has 0 bridgehead atoms. The molecule has 1 atom stereocenters. The van der Waals surface area contributed by atoms with Crippen molar-refractivity contribution in [2.75, 3.05) is 13.7 Å². The molecule has 1 fully saturated rings. The van der Waals surface area contributed by atoms with Crippen LogP contribution in [0.2, 0.25) is 0 Å². The Morgan fingerprint density at radius 1 is 1.14 bits per heavy atom. The van der Waals surface area contributed by atoms with Gasteiger partial charge in [0.2, 0.25) is 0 Å². The summed E-state index contributed by atoms with van der Waals surface area (Å²) >= 11 is 0. The summed E-state index contributed by atoms with van der Waals surface area (Å²) in [6.07, 6.45) is 6.99. The summed E-state index contributed by atoms with van der Waals surface area (Å²) in [5, 5.41) is 0. The quantitative estimate of drug-likeness (QED) is 0.645. The molecule has 1 aromatic carbocycles. The smallest absolute Gasteiger partial charge is 0.145 e. The second kappa shape index (κ2) is 8.10. The number of aryl methyl sites for hydroxylation is 1. The number of halogens is 1. The van der Waals surface area contributed by atoms with E-state index in [1.54, 1.807) is 19.4 Å². The van der Waals surface area contributed by atoms with Crippen LogP contribution in [0.5, 0.6) is 5.75 Å². The maximum absolute atomic E-state index is 14.1. The number of nitrogens with zero attached hydrogens (tertiary/aromatic N) is 4. The number of likely N-dealkylation sites (tertiary alicyclic amines) is 1. The highest BCUT2D eigenvalue weighted by Crippen LogP contribution is 2.33. The van der Waals surface area contributed by atoms with E-state index in [1.807, 2.05) is 18.3 Å². The fourth-order valence-electron chi connectivity index (χ4n) is 3.92. The largest absolute Gasteiger partial charge is 0.497 e. The second-order valence-electron chi connectivity index (χ2n) is 7.29. The summed E-state index contributed by atoms with van der Waals surface area (Å²) in [4.78, 5) is 10.9. The van der Waals surface area contributed by atoms with E-state index in [1.165, 1.54) is 11.8 Å². The van der Waals surface area contributed by atoms with Gasteiger partial charge in [0.15, 0.2) is 0 Å². The van der Waals surface area contributed by atoms with Crippen molar-refractivity contribution in [1.29, 1.82) is 0 Å². The molecule has 3 heterocycles. The van der Waals surface area contributed by atoms with Crippen LogP contribution in [0.1, 0.15) is 41.5 Å². The molecule has 1 saturated heterocycles. The maximum Gasteiger partial charge on any atom is 0.145 e. The Morgan fingerprint density at radius 3 is 2.71 bits per heavy atom. The Morgan fingerprint density at radius 2 is 1.96 bits per heavy atom. The lowest BCUT2D eigenvalue weighted by Gasteiger charge is -2.25. The van der Waals surface area contributed by atoms with Gasteiger partial charge in [-0.3, -0.25) is 9.88 Å². The van der Waals surface area contributed by atoms with Gasteiger partial charge in [-0.1, -0.05) is 12.1 Å². The lowest BCUT2D eigenvalue weighted by Crippen LogP contribution is -2.26. The summed E-state index contributed by atoms with van der Waals surface area (Å²) in [5.41, 5.74) is 3.02. The molecule has 0 radical (unpaired) electrons. The molecular weight excluding hydrogens is 355 g/mol. The number of ether oxygens (including phenoxy) is 1. The fourth-order valence-corrected chi connectivity index (χ4v) is 3.92. The van der Waals surface area contributed by atoms with Crippen molar-refractivity contribution in [3.63, 3.8) is 0 Å². The highest BCUT2D eigenvalue weighted by Gasteiger charge is 2.30. The Bertz CT molecular complexity index is 938. The van der Waals surface area contributed by atoms with E-state index in [0.29, 0.717) is 12.1 Å². The highest BCUT2D eigenvalue weighted by molar-refractivity contribution is 5.28. The summed E-state index contributed by atoms with van der Waals surface area (Å²) in [5.74, 6) is 1.67. The Labute approximate surface area is 164 Å². The molecule has 4 rings (SSSR count). The lowest BCUT2D eigenvalue weighted by molar-refractivity contribution is 0.232. The van der Waals surface area contributed by atoms with E-state index in [2.05, 4.69) is 33.5 Å². The SMILES string of the molecule is COc1ccc(Cn2c(C)cnc2C2CCCN2Cc2ccncc2F)cc1. The van der Waals surface area contributed by atoms with Crippen LogP contribution in [-0.4, -0.2) is 33.1 Å². The number of hydrogen-bond acceptors (Lipinski definition) is 4. The van der Waals surface area contributed by atoms with Gasteiger partial charge in [-0.2, -0.15) is 0 Å². The third-order valence-electron chi connectivity index (χ3n) is 5.48. The first kappa shape index (κ1) is 18.6. The third kappa shape index (κ3) is 3.78. The zero-order valence-corrected chi connectivity index (χ0v) is 16.3. The predicted molar refractivity (Wildman–Crippen MR) is 106 cm³/mol. The molecule has 1 aliphatic rings. The van der Waals surface area contributed by atoms with Crippen LogP contribution in [0.4, 0.5) is 4.39 Å². The number of aromatic nitrogens is 3. The molecule has 2 aromatic heterocycles. The van der Waals surface area contributed by atoms with E-state index in [0.717, 1.165) is 43.2 Å². The molecule has 1 unspecified atom stereocenters. The first-order valence-corrected chi connectivity index (χ1v) is 9.63. The zero-order valence-electron chi connectivity index (χ0n) is 16.3. The van der Waals surface area contributed by atoms with E-state index in [-0.39, 0.29) is 11.9 Å². The molecule has 0 amide bonds. The number of hydrogen-bond donors (Lipinski definition) is 0. The number of rotatable bonds is 6. The van der Waals surface area contributed by atoms with Crippen molar-refractivity contribution < 1.29 is 9.13 Å². The minimum absolute atomic E-state index is 0.194. The van der Waals surface area contributed by atoms with E-state index < -0.39 is 0 Å². The summed E-state index contributed by atoms with van der Waals surface area (Å²) in [7, 11) is 1.67. The van der Waals surface area contributed by atoms with Crippen LogP contribution in [0.15, 0.2) is 48.9 Å². The van der Waals surface area contributed by atoms with E-state index >= 15 is 0 Å². The third-order valence-corrected chi connectivity index (χ3v) is 5.48. The van der Waals surface area contributed by atoms with Crippen molar-refractivity contribution in [3.05, 3.63) is 77.4 Å². The van der Waals surface area contributed by atoms with Crippen molar-refractivity contribution >= 4 is 0 Å². The summed E-state index contributed by atoms with van der Waals surface area (Å²) in [6.45, 7) is 4.37. The molecule has 5 nitrogen and oxygen atoms in total. The number of methoxy groups -OCH3 is 1. The summed E-state index contributed by atoms with van der Waals surface area (Å²) < 4.78 is 21.6. The van der Waals surface area contributed by atoms with Gasteiger partial charge in [0, 0.05) is 36.7 Å². The van der Waals surface area contributed by atoms with Gasteiger partial charge in [0.1, 0.15) is 17.4 Å². The molecule has 1 aliphatic heterocycles. The minimum atomic E-state index is -0.245. The molecule has 0 aliphatic carbocycles. The molecule has 6 heteroatoms. The molecule has 146 valence electrons. The van der Waals surface area contributed by atoms with Crippen LogP contribution in [-0.2, 0) is 13.1 Å². The Balaban J connectivity index is 1.57. The van der Waals surface area contributed by atoms with Crippen LogP contribution in [0.25, 0.3) is 0 Å². The average Bonchev–Trinajstić information content (AvgIpc) is 3.31. The number of benzene rings is 1. The normalized spacial score (nSPS) is 17.2. The Kier molecular flexibility index (Phi) is 5.39. The van der Waals surface area contributed by atoms with Gasteiger partial charge in [-0.15, -0.1) is 0 Å². The van der Waals surface area contributed by atoms with Crippen molar-refractivity contribution in [1.82, 2.24) is 19.4 Å². The topological polar surface area (TPSA) is 43.2 Å². The molecule has 0 saturated carbocycles. The molecular formula is C22H25FN4O. The van der Waals surface area contributed by atoms with Crippen molar-refractivity contribution in [2.24, 2.45) is 0 Å². The Hall–Kier alpha value is -2.73. The maximum atomic E-state index is 14.1. The van der Waals surface area contributed by atoms with Crippen LogP contribution in [0, 0.1) is 12.7 Å². The van der Waals surface area contributed by atoms with Gasteiger partial charge in [0.05, 0.1) is 19.3 Å². The van der Waals surface area contributed by atoms with E-state index in [9.17, 15) is 4.39 Å². The monoisotopic (exact) mass is 380 g/mol. The number of imidazole rings is 1. The molecule has 0 spiro atoms.